The predicted molar refractivity (Wildman–Crippen MR) is 30.1 cm³/mol. The van der Waals surface area contributed by atoms with Gasteiger partial charge in [0.05, 0.1) is 6.42 Å². The quantitative estimate of drug-likeness (QED) is 0.680. The van der Waals surface area contributed by atoms with E-state index in [1.807, 2.05) is 0 Å². The molecule has 0 aromatic carbocycles. The zero-order valence-corrected chi connectivity index (χ0v) is 5.33. The van der Waals surface area contributed by atoms with Crippen LogP contribution in [0.5, 0.6) is 0 Å². The maximum Gasteiger partial charge on any atom is 0.303 e. The van der Waals surface area contributed by atoms with Gasteiger partial charge in [0.25, 0.3) is 0 Å². The topological polar surface area (TPSA) is 37.3 Å². The highest BCUT2D eigenvalue weighted by Crippen LogP contribution is 2.01. The summed E-state index contributed by atoms with van der Waals surface area (Å²) in [7, 11) is 0. The third-order valence-corrected chi connectivity index (χ3v) is 0.576. The summed E-state index contributed by atoms with van der Waals surface area (Å²) in [5.74, 6) is -1.18. The molecule has 0 aliphatic heterocycles. The lowest BCUT2D eigenvalue weighted by Gasteiger charge is -1.90. The number of halogens is 3. The molecule has 0 bridgehead atoms. The summed E-state index contributed by atoms with van der Waals surface area (Å²) in [4.78, 5) is 9.57. The number of alkyl halides is 2. The Morgan fingerprint density at radius 2 is 2.00 bits per heavy atom. The van der Waals surface area contributed by atoms with Gasteiger partial charge in [-0.1, -0.05) is 0 Å². The number of carboxylic acid groups (broad SMARTS) is 1. The lowest BCUT2D eigenvalue weighted by atomic mass is 10.3. The Balaban J connectivity index is 0. The van der Waals surface area contributed by atoms with E-state index in [1.54, 1.807) is 0 Å². The Hall–Kier alpha value is -0.380. The summed E-state index contributed by atoms with van der Waals surface area (Å²) in [6.45, 7) is 0. The van der Waals surface area contributed by atoms with Gasteiger partial charge in [-0.2, -0.15) is 0 Å². The number of rotatable bonds is 3. The molecule has 0 amide bonds. The third-order valence-electron chi connectivity index (χ3n) is 0.576. The molecule has 1 N–H and O–H groups in total. The number of aliphatic carboxylic acids is 1. The monoisotopic (exact) mass is 160 g/mol. The van der Waals surface area contributed by atoms with E-state index >= 15 is 0 Å². The molecule has 0 unspecified atom stereocenters. The number of hydrogen-bond acceptors (Lipinski definition) is 1. The summed E-state index contributed by atoms with van der Waals surface area (Å²) < 4.78 is 22.3. The molecule has 9 heavy (non-hydrogen) atoms. The summed E-state index contributed by atoms with van der Waals surface area (Å²) in [5.41, 5.74) is 0. The van der Waals surface area contributed by atoms with Crippen molar-refractivity contribution in [2.24, 2.45) is 0 Å². The SMILES string of the molecule is Cl.O=C(O)CCC(F)F. The standard InChI is InChI=1S/C4H6F2O2.ClH/c5-3(6)1-2-4(7)8;/h3H,1-2H2,(H,7,8);1H. The van der Waals surface area contributed by atoms with Crippen molar-refractivity contribution in [1.82, 2.24) is 0 Å². The van der Waals surface area contributed by atoms with Crippen molar-refractivity contribution in [3.05, 3.63) is 0 Å². The van der Waals surface area contributed by atoms with Crippen LogP contribution in [0.3, 0.4) is 0 Å². The molecule has 0 aliphatic rings. The molecule has 0 aromatic heterocycles. The van der Waals surface area contributed by atoms with Crippen LogP contribution in [0.25, 0.3) is 0 Å². The van der Waals surface area contributed by atoms with Gasteiger partial charge in [-0.25, -0.2) is 8.78 Å². The molecule has 0 spiro atoms. The molecule has 0 rings (SSSR count). The fourth-order valence-electron chi connectivity index (χ4n) is 0.233. The van der Waals surface area contributed by atoms with Crippen LogP contribution in [0.4, 0.5) is 8.78 Å². The Labute approximate surface area is 57.3 Å². The summed E-state index contributed by atoms with van der Waals surface area (Å²) in [6.07, 6.45) is -3.49. The van der Waals surface area contributed by atoms with Gasteiger partial charge in [0.2, 0.25) is 6.43 Å². The molecule has 0 saturated carbocycles. The van der Waals surface area contributed by atoms with Gasteiger partial charge in [0.15, 0.2) is 0 Å². The molecule has 56 valence electrons. The lowest BCUT2D eigenvalue weighted by molar-refractivity contribution is -0.137. The van der Waals surface area contributed by atoms with Crippen molar-refractivity contribution in [2.45, 2.75) is 19.3 Å². The van der Waals surface area contributed by atoms with Crippen molar-refractivity contribution < 1.29 is 18.7 Å². The van der Waals surface area contributed by atoms with E-state index in [0.29, 0.717) is 0 Å². The zero-order valence-electron chi connectivity index (χ0n) is 4.51. The van der Waals surface area contributed by atoms with Gasteiger partial charge in [-0.15, -0.1) is 12.4 Å². The second-order valence-corrected chi connectivity index (χ2v) is 1.32. The molecular formula is C4H7ClF2O2. The van der Waals surface area contributed by atoms with Crippen molar-refractivity contribution in [3.8, 4) is 0 Å². The second kappa shape index (κ2) is 5.75. The minimum Gasteiger partial charge on any atom is -0.481 e. The molecule has 5 heteroatoms. The minimum atomic E-state index is -2.49. The van der Waals surface area contributed by atoms with Crippen molar-refractivity contribution in [1.29, 1.82) is 0 Å². The van der Waals surface area contributed by atoms with E-state index in [9.17, 15) is 13.6 Å². The van der Waals surface area contributed by atoms with Crippen molar-refractivity contribution in [3.63, 3.8) is 0 Å². The molecule has 0 fully saturated rings. The smallest absolute Gasteiger partial charge is 0.303 e. The van der Waals surface area contributed by atoms with E-state index in [2.05, 4.69) is 0 Å². The average Bonchev–Trinajstić information content (AvgIpc) is 1.61. The summed E-state index contributed by atoms with van der Waals surface area (Å²) in [6, 6.07) is 0. The zero-order chi connectivity index (χ0) is 6.57. The molecule has 0 atom stereocenters. The van der Waals surface area contributed by atoms with E-state index in [1.165, 1.54) is 0 Å². The first-order valence-corrected chi connectivity index (χ1v) is 2.13. The summed E-state index contributed by atoms with van der Waals surface area (Å²) >= 11 is 0. The number of carboxylic acids is 1. The number of carbonyl (C=O) groups is 1. The van der Waals surface area contributed by atoms with Crippen molar-refractivity contribution >= 4 is 18.4 Å². The average molecular weight is 161 g/mol. The fraction of sp³-hybridized carbons (Fsp3) is 0.750. The van der Waals surface area contributed by atoms with Crippen LogP contribution in [0.15, 0.2) is 0 Å². The molecule has 2 nitrogen and oxygen atoms in total. The van der Waals surface area contributed by atoms with E-state index < -0.39 is 25.2 Å². The number of hydrogen-bond donors (Lipinski definition) is 1. The molecule has 0 heterocycles. The highest BCUT2D eigenvalue weighted by molar-refractivity contribution is 5.85. The first kappa shape index (κ1) is 11.4. The Morgan fingerprint density at radius 3 is 2.11 bits per heavy atom. The van der Waals surface area contributed by atoms with E-state index in [-0.39, 0.29) is 12.4 Å². The molecule has 0 aromatic rings. The van der Waals surface area contributed by atoms with Crippen LogP contribution in [-0.4, -0.2) is 17.5 Å². The third kappa shape index (κ3) is 11.3. The second-order valence-electron chi connectivity index (χ2n) is 1.32. The normalized spacial score (nSPS) is 8.78. The first-order valence-electron chi connectivity index (χ1n) is 2.13. The fourth-order valence-corrected chi connectivity index (χ4v) is 0.233. The Morgan fingerprint density at radius 1 is 1.56 bits per heavy atom. The highest BCUT2D eigenvalue weighted by atomic mass is 35.5. The van der Waals surface area contributed by atoms with Crippen LogP contribution in [0, 0.1) is 0 Å². The van der Waals surface area contributed by atoms with Crippen LogP contribution in [0.1, 0.15) is 12.8 Å². The maximum atomic E-state index is 11.1. The summed E-state index contributed by atoms with van der Waals surface area (Å²) in [5, 5.41) is 7.83. The molecular weight excluding hydrogens is 153 g/mol. The Kier molecular flexibility index (Phi) is 7.30. The van der Waals surface area contributed by atoms with Gasteiger partial charge in [-0.05, 0) is 0 Å². The van der Waals surface area contributed by atoms with Gasteiger partial charge in [0.1, 0.15) is 0 Å². The van der Waals surface area contributed by atoms with Gasteiger partial charge >= 0.3 is 5.97 Å². The van der Waals surface area contributed by atoms with E-state index in [0.717, 1.165) is 0 Å². The Bertz CT molecular complexity index is 86.6. The van der Waals surface area contributed by atoms with Crippen molar-refractivity contribution in [2.75, 3.05) is 0 Å². The predicted octanol–water partition coefficient (Wildman–Crippen LogP) is 1.54. The first-order chi connectivity index (χ1) is 3.63. The van der Waals surface area contributed by atoms with Gasteiger partial charge in [-0.3, -0.25) is 4.79 Å². The maximum absolute atomic E-state index is 11.1. The van der Waals surface area contributed by atoms with Gasteiger partial charge < -0.3 is 5.11 Å². The molecule has 0 aliphatic carbocycles. The van der Waals surface area contributed by atoms with Crippen LogP contribution < -0.4 is 0 Å². The van der Waals surface area contributed by atoms with Crippen LogP contribution >= 0.6 is 12.4 Å². The van der Waals surface area contributed by atoms with Crippen LogP contribution in [0.2, 0.25) is 0 Å². The molecule has 0 radical (unpaired) electrons. The lowest BCUT2D eigenvalue weighted by Crippen LogP contribution is -1.98. The van der Waals surface area contributed by atoms with Crippen LogP contribution in [-0.2, 0) is 4.79 Å². The largest absolute Gasteiger partial charge is 0.481 e. The van der Waals surface area contributed by atoms with E-state index in [4.69, 9.17) is 5.11 Å². The highest BCUT2D eigenvalue weighted by Gasteiger charge is 2.04. The molecule has 0 saturated heterocycles. The minimum absolute atomic E-state index is 0. The van der Waals surface area contributed by atoms with Gasteiger partial charge in [0, 0.05) is 6.42 Å².